The summed E-state index contributed by atoms with van der Waals surface area (Å²) < 4.78 is 27.0. The molecule has 2 rings (SSSR count). The first kappa shape index (κ1) is 18.7. The van der Waals surface area contributed by atoms with Crippen LogP contribution in [0.5, 0.6) is 0 Å². The Labute approximate surface area is 149 Å². The van der Waals surface area contributed by atoms with Crippen molar-refractivity contribution in [2.45, 2.75) is 18.7 Å². The Morgan fingerprint density at radius 2 is 1.75 bits per heavy atom. The van der Waals surface area contributed by atoms with Gasteiger partial charge >= 0.3 is 0 Å². The number of rotatable bonds is 6. The van der Waals surface area contributed by atoms with Gasteiger partial charge in [0.15, 0.2) is 0 Å². The Bertz CT molecular complexity index is 854. The van der Waals surface area contributed by atoms with Crippen LogP contribution in [0.1, 0.15) is 24.1 Å². The summed E-state index contributed by atoms with van der Waals surface area (Å²) in [6.45, 7) is 1.69. The van der Waals surface area contributed by atoms with Gasteiger partial charge in [-0.15, -0.1) is 0 Å². The number of nitro groups is 1. The lowest BCUT2D eigenvalue weighted by atomic mass is 10.1. The van der Waals surface area contributed by atoms with Crippen LogP contribution < -0.4 is 4.72 Å². The molecule has 0 aliphatic rings. The van der Waals surface area contributed by atoms with E-state index in [0.29, 0.717) is 21.2 Å². The van der Waals surface area contributed by atoms with Crippen LogP contribution >= 0.6 is 23.2 Å². The fraction of sp³-hybridized carbons (Fsp3) is 0.200. The Morgan fingerprint density at radius 1 is 1.12 bits per heavy atom. The lowest BCUT2D eigenvalue weighted by Gasteiger charge is -2.15. The molecule has 128 valence electrons. The number of nitro benzene ring substituents is 1. The van der Waals surface area contributed by atoms with Crippen LogP contribution in [-0.4, -0.2) is 13.3 Å². The molecule has 1 atom stereocenters. The topological polar surface area (TPSA) is 89.3 Å². The number of nitrogens with one attached hydrogen (secondary N) is 1. The van der Waals surface area contributed by atoms with Gasteiger partial charge in [-0.05, 0) is 30.2 Å². The molecule has 24 heavy (non-hydrogen) atoms. The second-order valence-corrected chi connectivity index (χ2v) is 7.76. The van der Waals surface area contributed by atoms with Gasteiger partial charge in [-0.1, -0.05) is 41.4 Å². The first-order valence-electron chi connectivity index (χ1n) is 6.86. The van der Waals surface area contributed by atoms with Crippen molar-refractivity contribution in [2.24, 2.45) is 0 Å². The van der Waals surface area contributed by atoms with Crippen LogP contribution in [-0.2, 0) is 15.8 Å². The molecule has 0 radical (unpaired) electrons. The first-order valence-corrected chi connectivity index (χ1v) is 9.27. The van der Waals surface area contributed by atoms with E-state index in [4.69, 9.17) is 23.2 Å². The van der Waals surface area contributed by atoms with Gasteiger partial charge in [0, 0.05) is 18.2 Å². The van der Waals surface area contributed by atoms with Crippen molar-refractivity contribution in [2.75, 3.05) is 0 Å². The van der Waals surface area contributed by atoms with Crippen molar-refractivity contribution in [3.8, 4) is 0 Å². The smallest absolute Gasteiger partial charge is 0.258 e. The molecule has 0 aliphatic carbocycles. The number of halogens is 2. The Morgan fingerprint density at radius 3 is 2.29 bits per heavy atom. The maximum absolute atomic E-state index is 12.3. The van der Waals surface area contributed by atoms with Crippen molar-refractivity contribution >= 4 is 38.9 Å². The monoisotopic (exact) mass is 388 g/mol. The molecule has 1 N–H and O–H groups in total. The van der Waals surface area contributed by atoms with Crippen LogP contribution in [0.15, 0.2) is 42.5 Å². The van der Waals surface area contributed by atoms with Crippen LogP contribution in [0.25, 0.3) is 0 Å². The highest BCUT2D eigenvalue weighted by atomic mass is 35.5. The maximum Gasteiger partial charge on any atom is 0.269 e. The minimum atomic E-state index is -3.63. The zero-order valence-corrected chi connectivity index (χ0v) is 14.9. The van der Waals surface area contributed by atoms with Gasteiger partial charge in [0.05, 0.1) is 20.7 Å². The second-order valence-electron chi connectivity index (χ2n) is 5.20. The van der Waals surface area contributed by atoms with Crippen LogP contribution in [0.4, 0.5) is 5.69 Å². The van der Waals surface area contributed by atoms with E-state index in [1.807, 2.05) is 0 Å². The highest BCUT2D eigenvalue weighted by Gasteiger charge is 2.18. The quantitative estimate of drug-likeness (QED) is 0.596. The van der Waals surface area contributed by atoms with Crippen LogP contribution in [0.2, 0.25) is 10.0 Å². The van der Waals surface area contributed by atoms with E-state index in [0.717, 1.165) is 0 Å². The zero-order chi connectivity index (χ0) is 17.9. The summed E-state index contributed by atoms with van der Waals surface area (Å²) in [6, 6.07) is 9.77. The highest BCUT2D eigenvalue weighted by Crippen LogP contribution is 2.26. The molecular weight excluding hydrogens is 375 g/mol. The molecule has 0 fully saturated rings. The SMILES string of the molecule is C[C@@H](NS(=O)(=O)Cc1ccc([N+](=O)[O-])cc1)c1ccc(Cl)c(Cl)c1. The third-order valence-electron chi connectivity index (χ3n) is 3.30. The van der Waals surface area contributed by atoms with Gasteiger partial charge in [-0.25, -0.2) is 13.1 Å². The van der Waals surface area contributed by atoms with Crippen molar-refractivity contribution in [1.82, 2.24) is 4.72 Å². The standard InChI is InChI=1S/C15H14Cl2N2O4S/c1-10(12-4-7-14(16)15(17)8-12)18-24(22,23)9-11-2-5-13(6-3-11)19(20)21/h2-8,10,18H,9H2,1H3/t10-/m1/s1. The Balaban J connectivity index is 2.09. The van der Waals surface area contributed by atoms with E-state index >= 15 is 0 Å². The molecule has 2 aromatic carbocycles. The summed E-state index contributed by atoms with van der Waals surface area (Å²) >= 11 is 11.8. The summed E-state index contributed by atoms with van der Waals surface area (Å²) in [6.07, 6.45) is 0. The molecule has 0 spiro atoms. The third-order valence-corrected chi connectivity index (χ3v) is 5.47. The van der Waals surface area contributed by atoms with Gasteiger partial charge in [0.2, 0.25) is 10.0 Å². The fourth-order valence-electron chi connectivity index (χ4n) is 2.09. The van der Waals surface area contributed by atoms with Crippen molar-refractivity contribution in [3.63, 3.8) is 0 Å². The largest absolute Gasteiger partial charge is 0.269 e. The third kappa shape index (κ3) is 4.91. The summed E-state index contributed by atoms with van der Waals surface area (Å²) in [7, 11) is -3.63. The minimum Gasteiger partial charge on any atom is -0.258 e. The van der Waals surface area contributed by atoms with E-state index < -0.39 is 21.0 Å². The molecule has 0 bridgehead atoms. The molecule has 6 nitrogen and oxygen atoms in total. The normalized spacial score (nSPS) is 12.8. The van der Waals surface area contributed by atoms with Gasteiger partial charge < -0.3 is 0 Å². The number of hydrogen-bond acceptors (Lipinski definition) is 4. The van der Waals surface area contributed by atoms with Crippen LogP contribution in [0, 0.1) is 10.1 Å². The summed E-state index contributed by atoms with van der Waals surface area (Å²) in [5.74, 6) is -0.281. The van der Waals surface area contributed by atoms with Crippen molar-refractivity contribution < 1.29 is 13.3 Å². The Kier molecular flexibility index (Phi) is 5.82. The molecule has 0 aromatic heterocycles. The minimum absolute atomic E-state index is 0.0896. The summed E-state index contributed by atoms with van der Waals surface area (Å²) in [5, 5.41) is 11.3. The Hall–Kier alpha value is -1.67. The van der Waals surface area contributed by atoms with Gasteiger partial charge in [-0.2, -0.15) is 0 Å². The molecule has 9 heteroatoms. The number of non-ortho nitro benzene ring substituents is 1. The number of sulfonamides is 1. The van der Waals surface area contributed by atoms with E-state index in [-0.39, 0.29) is 11.4 Å². The second kappa shape index (κ2) is 7.48. The van der Waals surface area contributed by atoms with E-state index in [9.17, 15) is 18.5 Å². The zero-order valence-electron chi connectivity index (χ0n) is 12.6. The molecule has 0 saturated heterocycles. The molecule has 0 amide bonds. The van der Waals surface area contributed by atoms with Crippen molar-refractivity contribution in [1.29, 1.82) is 0 Å². The number of benzene rings is 2. The predicted octanol–water partition coefficient (Wildman–Crippen LogP) is 4.08. The summed E-state index contributed by atoms with van der Waals surface area (Å²) in [4.78, 5) is 10.1. The van der Waals surface area contributed by atoms with Crippen molar-refractivity contribution in [3.05, 3.63) is 73.8 Å². The first-order chi connectivity index (χ1) is 11.2. The number of nitrogens with zero attached hydrogens (tertiary/aromatic N) is 1. The summed E-state index contributed by atoms with van der Waals surface area (Å²) in [5.41, 5.74) is 1.04. The number of hydrogen-bond donors (Lipinski definition) is 1. The average Bonchev–Trinajstić information content (AvgIpc) is 2.49. The predicted molar refractivity (Wildman–Crippen MR) is 93.7 cm³/mol. The maximum atomic E-state index is 12.3. The molecule has 0 unspecified atom stereocenters. The lowest BCUT2D eigenvalue weighted by molar-refractivity contribution is -0.384. The average molecular weight is 389 g/mol. The molecule has 2 aromatic rings. The van der Waals surface area contributed by atoms with Gasteiger partial charge in [-0.3, -0.25) is 10.1 Å². The fourth-order valence-corrected chi connectivity index (χ4v) is 3.79. The lowest BCUT2D eigenvalue weighted by Crippen LogP contribution is -2.28. The molecule has 0 saturated carbocycles. The van der Waals surface area contributed by atoms with E-state index in [1.54, 1.807) is 25.1 Å². The molecular formula is C15H14Cl2N2O4S. The molecule has 0 heterocycles. The highest BCUT2D eigenvalue weighted by molar-refractivity contribution is 7.88. The van der Waals surface area contributed by atoms with E-state index in [2.05, 4.69) is 4.72 Å². The van der Waals surface area contributed by atoms with E-state index in [1.165, 1.54) is 24.3 Å². The molecule has 0 aliphatic heterocycles. The van der Waals surface area contributed by atoms with Crippen LogP contribution in [0.3, 0.4) is 0 Å². The van der Waals surface area contributed by atoms with Gasteiger partial charge in [0.25, 0.3) is 5.69 Å². The van der Waals surface area contributed by atoms with Gasteiger partial charge in [0.1, 0.15) is 0 Å².